The number of amides is 2. The lowest BCUT2D eigenvalue weighted by molar-refractivity contribution is -0.135. The summed E-state index contributed by atoms with van der Waals surface area (Å²) in [5.41, 5.74) is 2.28. The number of benzene rings is 4. The second-order valence-corrected chi connectivity index (χ2v) is 13.9. The highest BCUT2D eigenvalue weighted by Gasteiger charge is 2.66. The zero-order valence-corrected chi connectivity index (χ0v) is 28.0. The molecule has 2 fully saturated rings. The molecule has 50 heavy (non-hydrogen) atoms. The average molecular weight is 684 g/mol. The van der Waals surface area contributed by atoms with Gasteiger partial charge < -0.3 is 9.84 Å². The van der Waals surface area contributed by atoms with Crippen LogP contribution in [0.3, 0.4) is 0 Å². The van der Waals surface area contributed by atoms with Gasteiger partial charge in [0, 0.05) is 22.4 Å². The third-order valence-corrected chi connectivity index (χ3v) is 11.3. The molecule has 6 unspecified atom stereocenters. The number of hydrogen-bond acceptors (Lipinski definition) is 6. The summed E-state index contributed by atoms with van der Waals surface area (Å²) in [6, 6.07) is 30.3. The predicted molar refractivity (Wildman–Crippen MR) is 190 cm³/mol. The Hall–Kier alpha value is -5.27. The predicted octanol–water partition coefficient (Wildman–Crippen LogP) is 7.47. The van der Waals surface area contributed by atoms with Gasteiger partial charge in [-0.15, -0.1) is 0 Å². The number of hydrogen-bond donors (Lipinski definition) is 1. The Morgan fingerprint density at radius 1 is 0.860 bits per heavy atom. The monoisotopic (exact) mass is 683 g/mol. The molecular formula is C42H34ClNO6. The Morgan fingerprint density at radius 2 is 1.56 bits per heavy atom. The van der Waals surface area contributed by atoms with Gasteiger partial charge >= 0.3 is 0 Å². The van der Waals surface area contributed by atoms with Crippen molar-refractivity contribution in [2.24, 2.45) is 23.7 Å². The van der Waals surface area contributed by atoms with Crippen LogP contribution in [0.2, 0.25) is 5.02 Å². The van der Waals surface area contributed by atoms with Crippen LogP contribution in [-0.2, 0) is 24.6 Å². The molecular weight excluding hydrogens is 650 g/mol. The number of ether oxygens (including phenoxy) is 1. The number of anilines is 1. The Bertz CT molecular complexity index is 2110. The first-order valence-corrected chi connectivity index (χ1v) is 17.3. The first kappa shape index (κ1) is 32.0. The molecule has 4 aromatic carbocycles. The van der Waals surface area contributed by atoms with Crippen LogP contribution in [-0.4, -0.2) is 35.1 Å². The molecule has 0 aromatic heterocycles. The van der Waals surface area contributed by atoms with Crippen LogP contribution in [0.15, 0.2) is 121 Å². The lowest BCUT2D eigenvalue weighted by Crippen LogP contribution is -2.58. The summed E-state index contributed by atoms with van der Waals surface area (Å²) < 4.78 is 5.83. The second-order valence-electron chi connectivity index (χ2n) is 13.4. The van der Waals surface area contributed by atoms with Crippen LogP contribution in [0.4, 0.5) is 5.69 Å². The van der Waals surface area contributed by atoms with Crippen LogP contribution in [0.5, 0.6) is 11.5 Å². The standard InChI is InChI=1S/C42H34ClNO6/c1-2-50-35-21-25(13-20-34(35)45)38-29-18-19-30-37(41(49)44(40(30)48)28-16-14-27(43)15-17-28)32(29)22-33-39(47)31(24-9-5-3-6-10-24)23-36(46)42(33,38)26-11-7-4-8-12-26/h3-18,20-21,23,30,32-33,37-38,45H,2,19,22H2,1H3. The normalized spacial score (nSPS) is 27.2. The summed E-state index contributed by atoms with van der Waals surface area (Å²) in [5, 5.41) is 11.2. The minimum atomic E-state index is -1.37. The summed E-state index contributed by atoms with van der Waals surface area (Å²) in [5.74, 6) is -4.19. The molecule has 1 saturated heterocycles. The number of carbonyl (C=O) groups is 4. The highest BCUT2D eigenvalue weighted by Crippen LogP contribution is 2.64. The van der Waals surface area contributed by atoms with Gasteiger partial charge in [0.25, 0.3) is 0 Å². The number of nitrogens with zero attached hydrogens (tertiary/aromatic N) is 1. The van der Waals surface area contributed by atoms with E-state index in [2.05, 4.69) is 0 Å². The van der Waals surface area contributed by atoms with E-state index in [4.69, 9.17) is 16.3 Å². The maximum atomic E-state index is 15.1. The number of phenols is 1. The summed E-state index contributed by atoms with van der Waals surface area (Å²) in [6.07, 6.45) is 4.03. The van der Waals surface area contributed by atoms with Crippen molar-refractivity contribution in [1.29, 1.82) is 0 Å². The van der Waals surface area contributed by atoms with Crippen molar-refractivity contribution < 1.29 is 29.0 Å². The van der Waals surface area contributed by atoms with E-state index in [1.807, 2.05) is 73.7 Å². The molecule has 2 amide bonds. The van der Waals surface area contributed by atoms with E-state index in [1.165, 1.54) is 11.0 Å². The first-order chi connectivity index (χ1) is 24.2. The van der Waals surface area contributed by atoms with Gasteiger partial charge in [0.05, 0.1) is 29.5 Å². The highest BCUT2D eigenvalue weighted by molar-refractivity contribution is 6.32. The van der Waals surface area contributed by atoms with Gasteiger partial charge in [-0.2, -0.15) is 0 Å². The number of Topliss-reactive ketones (excluding diaryl/α,β-unsaturated/α-hetero) is 1. The molecule has 1 heterocycles. The molecule has 250 valence electrons. The molecule has 6 atom stereocenters. The minimum Gasteiger partial charge on any atom is -0.504 e. The van der Waals surface area contributed by atoms with E-state index in [0.29, 0.717) is 46.0 Å². The summed E-state index contributed by atoms with van der Waals surface area (Å²) >= 11 is 6.14. The lowest BCUT2D eigenvalue weighted by Gasteiger charge is -2.55. The van der Waals surface area contributed by atoms with Crippen LogP contribution in [0, 0.1) is 23.7 Å². The number of ketones is 2. The number of imide groups is 1. The van der Waals surface area contributed by atoms with Gasteiger partial charge in [-0.3, -0.25) is 24.1 Å². The van der Waals surface area contributed by atoms with Gasteiger partial charge in [-0.25, -0.2) is 0 Å². The van der Waals surface area contributed by atoms with E-state index in [1.54, 1.807) is 42.5 Å². The average Bonchev–Trinajstić information content (AvgIpc) is 3.40. The van der Waals surface area contributed by atoms with Crippen molar-refractivity contribution in [3.63, 3.8) is 0 Å². The molecule has 1 N–H and O–H groups in total. The number of carbonyl (C=O) groups excluding carboxylic acids is 4. The van der Waals surface area contributed by atoms with Crippen molar-refractivity contribution >= 4 is 46.2 Å². The van der Waals surface area contributed by atoms with Crippen LogP contribution in [0.25, 0.3) is 5.57 Å². The largest absolute Gasteiger partial charge is 0.504 e. The van der Waals surface area contributed by atoms with Crippen molar-refractivity contribution in [1.82, 2.24) is 0 Å². The van der Waals surface area contributed by atoms with E-state index in [9.17, 15) is 14.7 Å². The van der Waals surface area contributed by atoms with Crippen molar-refractivity contribution in [3.05, 3.63) is 143 Å². The van der Waals surface area contributed by atoms with Crippen LogP contribution in [0.1, 0.15) is 42.4 Å². The Balaban J connectivity index is 1.36. The van der Waals surface area contributed by atoms with Crippen molar-refractivity contribution in [2.45, 2.75) is 31.1 Å². The molecule has 7 nitrogen and oxygen atoms in total. The molecule has 8 heteroatoms. The zero-order valence-electron chi connectivity index (χ0n) is 27.3. The first-order valence-electron chi connectivity index (χ1n) is 17.0. The van der Waals surface area contributed by atoms with Gasteiger partial charge in [0.2, 0.25) is 11.8 Å². The number of rotatable bonds is 6. The van der Waals surface area contributed by atoms with Gasteiger partial charge in [0.15, 0.2) is 23.1 Å². The fourth-order valence-corrected chi connectivity index (χ4v) is 9.20. The van der Waals surface area contributed by atoms with Crippen LogP contribution < -0.4 is 9.64 Å². The second kappa shape index (κ2) is 12.3. The van der Waals surface area contributed by atoms with Gasteiger partial charge in [0.1, 0.15) is 0 Å². The Morgan fingerprint density at radius 3 is 2.26 bits per heavy atom. The van der Waals surface area contributed by atoms with E-state index in [-0.39, 0.29) is 41.3 Å². The van der Waals surface area contributed by atoms with Gasteiger partial charge in [-0.05, 0) is 84.8 Å². The molecule has 1 saturated carbocycles. The molecule has 0 bridgehead atoms. The summed E-state index contributed by atoms with van der Waals surface area (Å²) in [7, 11) is 0. The lowest BCUT2D eigenvalue weighted by atomic mass is 9.44. The quantitative estimate of drug-likeness (QED) is 0.167. The number of allylic oxidation sites excluding steroid dienone is 4. The molecule has 4 aliphatic rings. The van der Waals surface area contributed by atoms with E-state index < -0.39 is 35.0 Å². The van der Waals surface area contributed by atoms with Crippen molar-refractivity contribution in [2.75, 3.05) is 11.5 Å². The molecule has 0 spiro atoms. The number of aromatic hydroxyl groups is 1. The summed E-state index contributed by atoms with van der Waals surface area (Å²) in [6.45, 7) is 2.13. The third kappa shape index (κ3) is 4.71. The SMILES string of the molecule is CCOc1cc(C2C3=CCC4C(=O)N(c5ccc(Cl)cc5)C(=O)C4C3CC3C(=O)C(c4ccccc4)=CC(=O)C32c2ccccc2)ccc1O. The van der Waals surface area contributed by atoms with E-state index >= 15 is 9.59 Å². The number of fused-ring (bicyclic) bond motifs is 4. The number of phenolic OH excluding ortho intramolecular Hbond substituents is 1. The Labute approximate surface area is 294 Å². The maximum Gasteiger partial charge on any atom is 0.238 e. The maximum absolute atomic E-state index is 15.1. The fraction of sp³-hybridized carbons (Fsp3) is 0.238. The molecule has 8 rings (SSSR count). The third-order valence-electron chi connectivity index (χ3n) is 11.1. The summed E-state index contributed by atoms with van der Waals surface area (Å²) in [4.78, 5) is 59.9. The Kier molecular flexibility index (Phi) is 7.83. The molecule has 1 aliphatic heterocycles. The topological polar surface area (TPSA) is 101 Å². The number of halogens is 1. The smallest absolute Gasteiger partial charge is 0.238 e. The fourth-order valence-electron chi connectivity index (χ4n) is 9.08. The molecule has 3 aliphatic carbocycles. The van der Waals surface area contributed by atoms with E-state index in [0.717, 1.165) is 5.57 Å². The van der Waals surface area contributed by atoms with Crippen LogP contribution >= 0.6 is 11.6 Å². The van der Waals surface area contributed by atoms with Crippen molar-refractivity contribution in [3.8, 4) is 11.5 Å². The minimum absolute atomic E-state index is 0.0431. The molecule has 4 aromatic rings. The molecule has 0 radical (unpaired) electrons. The zero-order chi connectivity index (χ0) is 34.7. The highest BCUT2D eigenvalue weighted by atomic mass is 35.5. The van der Waals surface area contributed by atoms with Gasteiger partial charge in [-0.1, -0.05) is 90.0 Å².